The SMILES string of the molecule is CCOC(CN)CCn1cnc(C)c1C. The number of nitrogens with zero attached hydrogens (tertiary/aromatic N) is 2. The van der Waals surface area contributed by atoms with Crippen molar-refractivity contribution < 1.29 is 4.74 Å². The summed E-state index contributed by atoms with van der Waals surface area (Å²) < 4.78 is 7.65. The summed E-state index contributed by atoms with van der Waals surface area (Å²) in [5, 5.41) is 0. The molecule has 4 nitrogen and oxygen atoms in total. The largest absolute Gasteiger partial charge is 0.377 e. The van der Waals surface area contributed by atoms with E-state index in [0.717, 1.165) is 25.3 Å². The number of hydrogen-bond acceptors (Lipinski definition) is 3. The number of rotatable bonds is 6. The van der Waals surface area contributed by atoms with Crippen molar-refractivity contribution in [3.63, 3.8) is 0 Å². The van der Waals surface area contributed by atoms with Gasteiger partial charge in [0.2, 0.25) is 0 Å². The molecule has 0 amide bonds. The van der Waals surface area contributed by atoms with Gasteiger partial charge < -0.3 is 15.0 Å². The third-order valence-corrected chi connectivity index (χ3v) is 2.70. The van der Waals surface area contributed by atoms with Gasteiger partial charge in [0.15, 0.2) is 0 Å². The maximum absolute atomic E-state index is 5.62. The van der Waals surface area contributed by atoms with E-state index in [4.69, 9.17) is 10.5 Å². The lowest BCUT2D eigenvalue weighted by atomic mass is 10.2. The second-order valence-corrected chi connectivity index (χ2v) is 3.71. The predicted octanol–water partition coefficient (Wildman–Crippen LogP) is 1.25. The minimum atomic E-state index is 0.164. The van der Waals surface area contributed by atoms with Gasteiger partial charge >= 0.3 is 0 Å². The van der Waals surface area contributed by atoms with E-state index < -0.39 is 0 Å². The van der Waals surface area contributed by atoms with Gasteiger partial charge in [0.05, 0.1) is 18.1 Å². The molecule has 0 aliphatic heterocycles. The Kier molecular flexibility index (Phi) is 4.78. The van der Waals surface area contributed by atoms with Crippen LogP contribution in [0.25, 0.3) is 0 Å². The van der Waals surface area contributed by atoms with Gasteiger partial charge in [-0.1, -0.05) is 0 Å². The molecule has 0 fully saturated rings. The van der Waals surface area contributed by atoms with Crippen LogP contribution in [0, 0.1) is 13.8 Å². The molecule has 1 aromatic heterocycles. The molecule has 1 atom stereocenters. The Morgan fingerprint density at radius 1 is 1.53 bits per heavy atom. The highest BCUT2D eigenvalue weighted by Gasteiger charge is 2.07. The molecule has 15 heavy (non-hydrogen) atoms. The maximum atomic E-state index is 5.62. The summed E-state index contributed by atoms with van der Waals surface area (Å²) in [7, 11) is 0. The smallest absolute Gasteiger partial charge is 0.0951 e. The topological polar surface area (TPSA) is 53.1 Å². The third-order valence-electron chi connectivity index (χ3n) is 2.70. The number of hydrogen-bond donors (Lipinski definition) is 1. The van der Waals surface area contributed by atoms with Crippen LogP contribution >= 0.6 is 0 Å². The van der Waals surface area contributed by atoms with E-state index in [1.54, 1.807) is 0 Å². The van der Waals surface area contributed by atoms with Crippen molar-refractivity contribution in [1.29, 1.82) is 0 Å². The van der Waals surface area contributed by atoms with E-state index >= 15 is 0 Å². The molecule has 0 aliphatic carbocycles. The Labute approximate surface area is 91.4 Å². The lowest BCUT2D eigenvalue weighted by Gasteiger charge is -2.15. The fraction of sp³-hybridized carbons (Fsp3) is 0.727. The summed E-state index contributed by atoms with van der Waals surface area (Å²) in [5.74, 6) is 0. The van der Waals surface area contributed by atoms with Crippen LogP contribution in [0.5, 0.6) is 0 Å². The summed E-state index contributed by atoms with van der Waals surface area (Å²) in [5.41, 5.74) is 7.93. The van der Waals surface area contributed by atoms with E-state index in [9.17, 15) is 0 Å². The van der Waals surface area contributed by atoms with Crippen LogP contribution in [0.15, 0.2) is 6.33 Å². The van der Waals surface area contributed by atoms with Crippen molar-refractivity contribution in [2.45, 2.75) is 39.8 Å². The first-order valence-corrected chi connectivity index (χ1v) is 5.49. The molecule has 1 unspecified atom stereocenters. The lowest BCUT2D eigenvalue weighted by Crippen LogP contribution is -2.25. The molecule has 0 bridgehead atoms. The Morgan fingerprint density at radius 3 is 2.73 bits per heavy atom. The standard InChI is InChI=1S/C11H21N3O/c1-4-15-11(7-12)5-6-14-8-13-9(2)10(14)3/h8,11H,4-7,12H2,1-3H3. The quantitative estimate of drug-likeness (QED) is 0.770. The maximum Gasteiger partial charge on any atom is 0.0951 e. The zero-order valence-electron chi connectivity index (χ0n) is 9.86. The van der Waals surface area contributed by atoms with Crippen LogP contribution in [-0.4, -0.2) is 28.8 Å². The van der Waals surface area contributed by atoms with Gasteiger partial charge in [0, 0.05) is 25.4 Å². The minimum Gasteiger partial charge on any atom is -0.377 e. The molecule has 0 aromatic carbocycles. The van der Waals surface area contributed by atoms with Crippen LogP contribution in [0.2, 0.25) is 0 Å². The molecule has 1 heterocycles. The van der Waals surface area contributed by atoms with Gasteiger partial charge in [-0.15, -0.1) is 0 Å². The molecule has 2 N–H and O–H groups in total. The summed E-state index contributed by atoms with van der Waals surface area (Å²) in [6, 6.07) is 0. The monoisotopic (exact) mass is 211 g/mol. The number of imidazole rings is 1. The van der Waals surface area contributed by atoms with Crippen molar-refractivity contribution in [3.8, 4) is 0 Å². The van der Waals surface area contributed by atoms with Crippen molar-refractivity contribution in [3.05, 3.63) is 17.7 Å². The molecule has 0 aliphatic rings. The second-order valence-electron chi connectivity index (χ2n) is 3.71. The first-order chi connectivity index (χ1) is 7.19. The molecule has 1 rings (SSSR count). The molecule has 0 saturated carbocycles. The first-order valence-electron chi connectivity index (χ1n) is 5.49. The Morgan fingerprint density at radius 2 is 2.27 bits per heavy atom. The van der Waals surface area contributed by atoms with Crippen molar-refractivity contribution in [2.24, 2.45) is 5.73 Å². The average molecular weight is 211 g/mol. The van der Waals surface area contributed by atoms with Gasteiger partial charge in [-0.05, 0) is 27.2 Å². The van der Waals surface area contributed by atoms with Crippen molar-refractivity contribution in [1.82, 2.24) is 9.55 Å². The van der Waals surface area contributed by atoms with E-state index in [1.807, 2.05) is 20.2 Å². The van der Waals surface area contributed by atoms with E-state index in [2.05, 4.69) is 16.5 Å². The Balaban J connectivity index is 2.45. The summed E-state index contributed by atoms with van der Waals surface area (Å²) in [6.07, 6.45) is 2.99. The first kappa shape index (κ1) is 12.2. The molecule has 86 valence electrons. The van der Waals surface area contributed by atoms with Crippen LogP contribution in [0.3, 0.4) is 0 Å². The van der Waals surface area contributed by atoms with E-state index in [1.165, 1.54) is 5.69 Å². The van der Waals surface area contributed by atoms with Gasteiger partial charge in [0.1, 0.15) is 0 Å². The molecule has 4 heteroatoms. The van der Waals surface area contributed by atoms with Crippen LogP contribution < -0.4 is 5.73 Å². The number of nitrogens with two attached hydrogens (primary N) is 1. The van der Waals surface area contributed by atoms with Gasteiger partial charge in [-0.3, -0.25) is 0 Å². The number of aromatic nitrogens is 2. The fourth-order valence-electron chi connectivity index (χ4n) is 1.56. The molecular formula is C11H21N3O. The van der Waals surface area contributed by atoms with Crippen LogP contribution in [0.1, 0.15) is 24.7 Å². The second kappa shape index (κ2) is 5.88. The highest BCUT2D eigenvalue weighted by molar-refractivity contribution is 5.08. The van der Waals surface area contributed by atoms with Gasteiger partial charge in [-0.2, -0.15) is 0 Å². The Hall–Kier alpha value is -0.870. The van der Waals surface area contributed by atoms with E-state index in [0.29, 0.717) is 6.54 Å². The molecule has 1 aromatic rings. The summed E-state index contributed by atoms with van der Waals surface area (Å²) in [4.78, 5) is 4.26. The lowest BCUT2D eigenvalue weighted by molar-refractivity contribution is 0.0598. The average Bonchev–Trinajstić information content (AvgIpc) is 2.55. The minimum absolute atomic E-state index is 0.164. The fourth-order valence-corrected chi connectivity index (χ4v) is 1.56. The number of aryl methyl sites for hydroxylation is 2. The van der Waals surface area contributed by atoms with Crippen molar-refractivity contribution >= 4 is 0 Å². The van der Waals surface area contributed by atoms with E-state index in [-0.39, 0.29) is 6.10 Å². The molecule has 0 spiro atoms. The van der Waals surface area contributed by atoms with Crippen LogP contribution in [0.4, 0.5) is 0 Å². The highest BCUT2D eigenvalue weighted by Crippen LogP contribution is 2.07. The summed E-state index contributed by atoms with van der Waals surface area (Å²) in [6.45, 7) is 8.34. The number of ether oxygens (including phenoxy) is 1. The predicted molar refractivity (Wildman–Crippen MR) is 60.8 cm³/mol. The zero-order chi connectivity index (χ0) is 11.3. The molecule has 0 radical (unpaired) electrons. The highest BCUT2D eigenvalue weighted by atomic mass is 16.5. The van der Waals surface area contributed by atoms with Gasteiger partial charge in [0.25, 0.3) is 0 Å². The third kappa shape index (κ3) is 3.32. The normalized spacial score (nSPS) is 13.1. The Bertz CT molecular complexity index is 296. The summed E-state index contributed by atoms with van der Waals surface area (Å²) >= 11 is 0. The zero-order valence-corrected chi connectivity index (χ0v) is 9.86. The van der Waals surface area contributed by atoms with Crippen molar-refractivity contribution in [2.75, 3.05) is 13.2 Å². The van der Waals surface area contributed by atoms with Crippen LogP contribution in [-0.2, 0) is 11.3 Å². The molecule has 0 saturated heterocycles. The molecular weight excluding hydrogens is 190 g/mol. The van der Waals surface area contributed by atoms with Gasteiger partial charge in [-0.25, -0.2) is 4.98 Å².